The van der Waals surface area contributed by atoms with Crippen molar-refractivity contribution < 1.29 is 9.90 Å². The van der Waals surface area contributed by atoms with Crippen molar-refractivity contribution in [3.8, 4) is 0 Å². The molecular formula is C14H30N2O2. The molecule has 0 aliphatic rings. The van der Waals surface area contributed by atoms with Crippen LogP contribution in [0, 0.1) is 0 Å². The van der Waals surface area contributed by atoms with E-state index in [1.165, 1.54) is 0 Å². The molecule has 0 saturated carbocycles. The van der Waals surface area contributed by atoms with Crippen molar-refractivity contribution in [3.63, 3.8) is 0 Å². The normalized spacial score (nSPS) is 11.7. The molecule has 0 aromatic rings. The van der Waals surface area contributed by atoms with Crippen LogP contribution in [0.4, 0.5) is 0 Å². The van der Waals surface area contributed by atoms with Gasteiger partial charge in [0.25, 0.3) is 0 Å². The van der Waals surface area contributed by atoms with E-state index in [1.807, 2.05) is 0 Å². The van der Waals surface area contributed by atoms with E-state index < -0.39 is 5.97 Å². The van der Waals surface area contributed by atoms with Gasteiger partial charge in [-0.1, -0.05) is 6.42 Å². The number of carboxylic acid groups (broad SMARTS) is 1. The zero-order valence-electron chi connectivity index (χ0n) is 12.4. The lowest BCUT2D eigenvalue weighted by molar-refractivity contribution is -0.137. The Morgan fingerprint density at radius 3 is 2.17 bits per heavy atom. The van der Waals surface area contributed by atoms with Gasteiger partial charge in [-0.2, -0.15) is 0 Å². The molecule has 0 saturated heterocycles. The molecule has 108 valence electrons. The Bertz CT molecular complexity index is 210. The maximum Gasteiger partial charge on any atom is 0.303 e. The highest BCUT2D eigenvalue weighted by Gasteiger charge is 2.11. The molecule has 0 rings (SSSR count). The minimum atomic E-state index is -0.688. The number of unbranched alkanes of at least 4 members (excludes halogenated alkanes) is 2. The molecule has 18 heavy (non-hydrogen) atoms. The highest BCUT2D eigenvalue weighted by atomic mass is 16.4. The van der Waals surface area contributed by atoms with Crippen LogP contribution in [0.1, 0.15) is 53.4 Å². The van der Waals surface area contributed by atoms with Gasteiger partial charge < -0.3 is 10.4 Å². The van der Waals surface area contributed by atoms with Crippen molar-refractivity contribution in [2.45, 2.75) is 65.5 Å². The summed E-state index contributed by atoms with van der Waals surface area (Å²) in [6, 6.07) is 1.17. The standard InChI is InChI=1S/C14H30N2O2/c1-12(2)16(13(3)4)11-10-15-9-7-5-6-8-14(17)18/h12-13,15H,5-11H2,1-4H3,(H,17,18). The Hall–Kier alpha value is -0.610. The molecule has 2 N–H and O–H groups in total. The zero-order chi connectivity index (χ0) is 14.0. The summed E-state index contributed by atoms with van der Waals surface area (Å²) in [4.78, 5) is 12.8. The Balaban J connectivity index is 3.41. The van der Waals surface area contributed by atoms with E-state index >= 15 is 0 Å². The maximum absolute atomic E-state index is 10.3. The molecule has 0 aromatic carbocycles. The molecule has 0 aliphatic heterocycles. The number of hydrogen-bond acceptors (Lipinski definition) is 3. The van der Waals surface area contributed by atoms with Crippen molar-refractivity contribution in [1.82, 2.24) is 10.2 Å². The molecule has 0 radical (unpaired) electrons. The Morgan fingerprint density at radius 1 is 1.06 bits per heavy atom. The largest absolute Gasteiger partial charge is 0.481 e. The van der Waals surface area contributed by atoms with E-state index in [1.54, 1.807) is 0 Å². The van der Waals surface area contributed by atoms with Crippen molar-refractivity contribution in [2.75, 3.05) is 19.6 Å². The molecule has 0 atom stereocenters. The van der Waals surface area contributed by atoms with Gasteiger partial charge in [0.05, 0.1) is 0 Å². The fourth-order valence-electron chi connectivity index (χ4n) is 2.15. The minimum absolute atomic E-state index is 0.300. The predicted octanol–water partition coefficient (Wildman–Crippen LogP) is 2.34. The van der Waals surface area contributed by atoms with Gasteiger partial charge in [0, 0.05) is 31.6 Å². The Morgan fingerprint density at radius 2 is 1.67 bits per heavy atom. The lowest BCUT2D eigenvalue weighted by Crippen LogP contribution is -2.41. The first-order valence-corrected chi connectivity index (χ1v) is 7.13. The van der Waals surface area contributed by atoms with Crippen molar-refractivity contribution in [1.29, 1.82) is 0 Å². The number of aliphatic carboxylic acids is 1. The van der Waals surface area contributed by atoms with Crippen LogP contribution in [-0.2, 0) is 4.79 Å². The summed E-state index contributed by atoms with van der Waals surface area (Å²) in [5.41, 5.74) is 0. The topological polar surface area (TPSA) is 52.6 Å². The second kappa shape index (κ2) is 10.3. The van der Waals surface area contributed by atoms with Crippen LogP contribution >= 0.6 is 0 Å². The van der Waals surface area contributed by atoms with Gasteiger partial charge in [-0.15, -0.1) is 0 Å². The van der Waals surface area contributed by atoms with E-state index in [-0.39, 0.29) is 0 Å². The van der Waals surface area contributed by atoms with Crippen molar-refractivity contribution >= 4 is 5.97 Å². The first-order chi connectivity index (χ1) is 8.45. The molecule has 0 spiro atoms. The second-order valence-electron chi connectivity index (χ2n) is 5.38. The molecule has 0 fully saturated rings. The third-order valence-electron chi connectivity index (χ3n) is 3.12. The molecule has 0 aromatic heterocycles. The summed E-state index contributed by atoms with van der Waals surface area (Å²) >= 11 is 0. The molecule has 0 amide bonds. The number of nitrogens with zero attached hydrogens (tertiary/aromatic N) is 1. The summed E-state index contributed by atoms with van der Waals surface area (Å²) in [6.07, 6.45) is 3.16. The number of hydrogen-bond donors (Lipinski definition) is 2. The summed E-state index contributed by atoms with van der Waals surface area (Å²) in [7, 11) is 0. The first kappa shape index (κ1) is 17.4. The minimum Gasteiger partial charge on any atom is -0.481 e. The summed E-state index contributed by atoms with van der Waals surface area (Å²) in [6.45, 7) is 12.0. The number of carboxylic acids is 1. The van der Waals surface area contributed by atoms with E-state index in [4.69, 9.17) is 5.11 Å². The number of rotatable bonds is 11. The smallest absolute Gasteiger partial charge is 0.303 e. The van der Waals surface area contributed by atoms with Gasteiger partial charge in [-0.05, 0) is 47.1 Å². The summed E-state index contributed by atoms with van der Waals surface area (Å²) < 4.78 is 0. The van der Waals surface area contributed by atoms with E-state index in [0.29, 0.717) is 18.5 Å². The zero-order valence-corrected chi connectivity index (χ0v) is 12.4. The van der Waals surface area contributed by atoms with Gasteiger partial charge in [0.2, 0.25) is 0 Å². The lowest BCUT2D eigenvalue weighted by atomic mass is 10.2. The van der Waals surface area contributed by atoms with Crippen LogP contribution in [0.3, 0.4) is 0 Å². The quantitative estimate of drug-likeness (QED) is 0.559. The lowest BCUT2D eigenvalue weighted by Gasteiger charge is -2.30. The van der Waals surface area contributed by atoms with Crippen LogP contribution in [-0.4, -0.2) is 47.7 Å². The van der Waals surface area contributed by atoms with Gasteiger partial charge in [-0.3, -0.25) is 9.69 Å². The van der Waals surface area contributed by atoms with Crippen LogP contribution < -0.4 is 5.32 Å². The highest BCUT2D eigenvalue weighted by molar-refractivity contribution is 5.66. The van der Waals surface area contributed by atoms with Gasteiger partial charge >= 0.3 is 5.97 Å². The Kier molecular flexibility index (Phi) is 9.98. The Labute approximate surface area is 112 Å². The molecule has 0 heterocycles. The maximum atomic E-state index is 10.3. The third-order valence-corrected chi connectivity index (χ3v) is 3.12. The van der Waals surface area contributed by atoms with Crippen LogP contribution in [0.25, 0.3) is 0 Å². The fraction of sp³-hybridized carbons (Fsp3) is 0.929. The molecule has 0 unspecified atom stereocenters. The van der Waals surface area contributed by atoms with Crippen LogP contribution in [0.2, 0.25) is 0 Å². The highest BCUT2D eigenvalue weighted by Crippen LogP contribution is 2.03. The second-order valence-corrected chi connectivity index (χ2v) is 5.38. The van der Waals surface area contributed by atoms with E-state index in [9.17, 15) is 4.79 Å². The first-order valence-electron chi connectivity index (χ1n) is 7.13. The molecule has 0 aliphatic carbocycles. The van der Waals surface area contributed by atoms with Crippen LogP contribution in [0.15, 0.2) is 0 Å². The SMILES string of the molecule is CC(C)N(CCNCCCCCC(=O)O)C(C)C. The molecule has 4 heteroatoms. The van der Waals surface area contributed by atoms with E-state index in [0.717, 1.165) is 38.9 Å². The van der Waals surface area contributed by atoms with E-state index in [2.05, 4.69) is 37.9 Å². The predicted molar refractivity (Wildman–Crippen MR) is 76.0 cm³/mol. The van der Waals surface area contributed by atoms with Gasteiger partial charge in [0.15, 0.2) is 0 Å². The third kappa shape index (κ3) is 9.42. The number of nitrogens with one attached hydrogen (secondary N) is 1. The van der Waals surface area contributed by atoms with Gasteiger partial charge in [0.1, 0.15) is 0 Å². The monoisotopic (exact) mass is 258 g/mol. The average molecular weight is 258 g/mol. The van der Waals surface area contributed by atoms with Gasteiger partial charge in [-0.25, -0.2) is 0 Å². The summed E-state index contributed by atoms with van der Waals surface area (Å²) in [5.74, 6) is -0.688. The average Bonchev–Trinajstić information content (AvgIpc) is 2.25. The summed E-state index contributed by atoms with van der Waals surface area (Å²) in [5, 5.41) is 11.9. The molecular weight excluding hydrogens is 228 g/mol. The van der Waals surface area contributed by atoms with Crippen LogP contribution in [0.5, 0.6) is 0 Å². The molecule has 4 nitrogen and oxygen atoms in total. The van der Waals surface area contributed by atoms with Crippen molar-refractivity contribution in [2.24, 2.45) is 0 Å². The number of carbonyl (C=O) groups is 1. The van der Waals surface area contributed by atoms with Crippen molar-refractivity contribution in [3.05, 3.63) is 0 Å². The fourth-order valence-corrected chi connectivity index (χ4v) is 2.15. The molecule has 0 bridgehead atoms.